The molecule has 16 heteroatoms. The Labute approximate surface area is 238 Å². The molecule has 3 amide bonds. The first kappa shape index (κ1) is 29.4. The Morgan fingerprint density at radius 2 is 2.05 bits per heavy atom. The number of aryl methyl sites for hydroxylation is 1. The van der Waals surface area contributed by atoms with Gasteiger partial charge in [-0.15, -0.1) is 16.9 Å². The number of fused-ring (bicyclic) bond motifs is 1. The number of ether oxygens (including phenoxy) is 2. The van der Waals surface area contributed by atoms with Gasteiger partial charge in [0.2, 0.25) is 11.1 Å². The zero-order valence-corrected chi connectivity index (χ0v) is 23.7. The van der Waals surface area contributed by atoms with Gasteiger partial charge in [0, 0.05) is 25.7 Å². The summed E-state index contributed by atoms with van der Waals surface area (Å²) in [5, 5.41) is 26.1. The van der Waals surface area contributed by atoms with Crippen molar-refractivity contribution < 1.29 is 33.8 Å². The molecule has 1 aromatic heterocycles. The SMILES string of the molecule is CCCCOC(=O)NC(C(=O)NC1(OC)C(=O)N2C(C(=O)O)=C(CSc3nnnn3C)CS[C@@H]21)c1ccccc1. The van der Waals surface area contributed by atoms with Crippen molar-refractivity contribution >= 4 is 47.4 Å². The molecule has 0 saturated carbocycles. The molecule has 0 radical (unpaired) electrons. The second kappa shape index (κ2) is 12.7. The molecule has 40 heavy (non-hydrogen) atoms. The summed E-state index contributed by atoms with van der Waals surface area (Å²) >= 11 is 2.50. The van der Waals surface area contributed by atoms with Gasteiger partial charge in [-0.05, 0) is 28.0 Å². The molecule has 0 aliphatic carbocycles. The fraction of sp³-hybridized carbons (Fsp3) is 0.458. The smallest absolute Gasteiger partial charge is 0.408 e. The Morgan fingerprint density at radius 3 is 2.67 bits per heavy atom. The number of alkyl carbamates (subject to hydrolysis) is 1. The number of rotatable bonds is 12. The van der Waals surface area contributed by atoms with E-state index in [1.54, 1.807) is 37.4 Å². The quantitative estimate of drug-likeness (QED) is 0.140. The molecular weight excluding hydrogens is 562 g/mol. The summed E-state index contributed by atoms with van der Waals surface area (Å²) in [7, 11) is 2.92. The van der Waals surface area contributed by atoms with Crippen molar-refractivity contribution in [3.05, 3.63) is 47.2 Å². The van der Waals surface area contributed by atoms with Crippen LogP contribution in [-0.2, 0) is 30.9 Å². The van der Waals surface area contributed by atoms with Crippen LogP contribution in [0.2, 0.25) is 0 Å². The van der Waals surface area contributed by atoms with E-state index >= 15 is 0 Å². The second-order valence-corrected chi connectivity index (χ2v) is 10.9. The van der Waals surface area contributed by atoms with E-state index in [-0.39, 0.29) is 23.8 Å². The largest absolute Gasteiger partial charge is 0.477 e. The third kappa shape index (κ3) is 5.78. The van der Waals surface area contributed by atoms with E-state index in [0.717, 1.165) is 11.3 Å². The molecule has 2 aromatic rings. The fourth-order valence-corrected chi connectivity index (χ4v) is 6.65. The highest BCUT2D eigenvalue weighted by atomic mass is 32.2. The first-order valence-corrected chi connectivity index (χ1v) is 14.4. The number of aliphatic carboxylic acids is 1. The molecule has 14 nitrogen and oxygen atoms in total. The number of carboxylic acid groups (broad SMARTS) is 1. The summed E-state index contributed by atoms with van der Waals surface area (Å²) in [5.41, 5.74) is -1.04. The summed E-state index contributed by atoms with van der Waals surface area (Å²) in [5.74, 6) is -2.23. The maximum atomic E-state index is 13.5. The molecule has 1 aromatic carbocycles. The average Bonchev–Trinajstić information content (AvgIpc) is 3.37. The van der Waals surface area contributed by atoms with Gasteiger partial charge in [-0.1, -0.05) is 55.4 Å². The lowest BCUT2D eigenvalue weighted by Gasteiger charge is -2.56. The van der Waals surface area contributed by atoms with Crippen molar-refractivity contribution in [1.82, 2.24) is 35.7 Å². The topological polar surface area (TPSA) is 178 Å². The summed E-state index contributed by atoms with van der Waals surface area (Å²) in [6, 6.07) is 7.29. The maximum Gasteiger partial charge on any atom is 0.408 e. The van der Waals surface area contributed by atoms with Gasteiger partial charge in [0.25, 0.3) is 11.6 Å². The van der Waals surface area contributed by atoms with E-state index in [0.29, 0.717) is 22.7 Å². The normalized spacial score (nSPS) is 20.8. The van der Waals surface area contributed by atoms with Crippen molar-refractivity contribution in [2.45, 2.75) is 42.1 Å². The van der Waals surface area contributed by atoms with Crippen LogP contribution in [0.15, 0.2) is 46.8 Å². The molecule has 4 rings (SSSR count). The van der Waals surface area contributed by atoms with Crippen LogP contribution in [0.5, 0.6) is 0 Å². The van der Waals surface area contributed by atoms with Gasteiger partial charge in [-0.3, -0.25) is 14.5 Å². The number of carboxylic acids is 1. The molecule has 0 spiro atoms. The lowest BCUT2D eigenvalue weighted by molar-refractivity contribution is -0.192. The highest BCUT2D eigenvalue weighted by molar-refractivity contribution is 8.01. The molecule has 2 aliphatic rings. The van der Waals surface area contributed by atoms with Crippen LogP contribution < -0.4 is 10.6 Å². The molecule has 3 heterocycles. The van der Waals surface area contributed by atoms with Gasteiger partial charge in [-0.25, -0.2) is 14.3 Å². The Bertz CT molecular complexity index is 1310. The Balaban J connectivity index is 1.54. The van der Waals surface area contributed by atoms with E-state index in [4.69, 9.17) is 9.47 Å². The van der Waals surface area contributed by atoms with Gasteiger partial charge >= 0.3 is 12.1 Å². The number of carbonyl (C=O) groups is 4. The number of β-lactam (4-membered cyclic amide) rings is 1. The predicted molar refractivity (Wildman–Crippen MR) is 144 cm³/mol. The number of nitrogens with zero attached hydrogens (tertiary/aromatic N) is 5. The van der Waals surface area contributed by atoms with E-state index in [9.17, 15) is 24.3 Å². The van der Waals surface area contributed by atoms with Crippen LogP contribution >= 0.6 is 23.5 Å². The highest BCUT2D eigenvalue weighted by Gasteiger charge is 2.67. The van der Waals surface area contributed by atoms with Gasteiger partial charge in [0.1, 0.15) is 17.1 Å². The van der Waals surface area contributed by atoms with Crippen LogP contribution in [0, 0.1) is 0 Å². The zero-order chi connectivity index (χ0) is 28.9. The summed E-state index contributed by atoms with van der Waals surface area (Å²) < 4.78 is 12.2. The molecule has 0 bridgehead atoms. The second-order valence-electron chi connectivity index (χ2n) is 8.88. The van der Waals surface area contributed by atoms with Crippen LogP contribution in [0.25, 0.3) is 0 Å². The standard InChI is InChI=1S/C24H29N7O7S2/c1-4-5-11-38-23(36)25-16(14-9-7-6-8-10-14)18(32)26-24(37-3)20(35)31-17(19(33)34)15(12-39-21(24)31)13-40-22-27-28-29-30(22)2/h6-10,16,21H,4-5,11-13H2,1-3H3,(H,25,36)(H,26,32)(H,33,34)/t16?,21-,24?/m1/s1. The van der Waals surface area contributed by atoms with E-state index in [1.807, 2.05) is 6.92 Å². The Morgan fingerprint density at radius 1 is 1.30 bits per heavy atom. The maximum absolute atomic E-state index is 13.5. The number of hydrogen-bond acceptors (Lipinski definition) is 11. The van der Waals surface area contributed by atoms with Crippen LogP contribution in [0.4, 0.5) is 4.79 Å². The predicted octanol–water partition coefficient (Wildman–Crippen LogP) is 1.28. The van der Waals surface area contributed by atoms with Crippen LogP contribution in [-0.4, -0.2) is 90.4 Å². The minimum absolute atomic E-state index is 0.171. The Kier molecular flexibility index (Phi) is 9.32. The zero-order valence-electron chi connectivity index (χ0n) is 22.0. The fourth-order valence-electron chi connectivity index (χ4n) is 4.22. The minimum atomic E-state index is -1.84. The third-order valence-electron chi connectivity index (χ3n) is 6.29. The molecular formula is C24H29N7O7S2. The number of hydrogen-bond donors (Lipinski definition) is 3. The summed E-state index contributed by atoms with van der Waals surface area (Å²) in [6.45, 7) is 2.15. The van der Waals surface area contributed by atoms with E-state index in [2.05, 4.69) is 26.2 Å². The minimum Gasteiger partial charge on any atom is -0.477 e. The number of methoxy groups -OCH3 is 1. The average molecular weight is 592 g/mol. The number of carbonyl (C=O) groups excluding carboxylic acids is 3. The number of aromatic nitrogens is 4. The van der Waals surface area contributed by atoms with Crippen molar-refractivity contribution in [3.63, 3.8) is 0 Å². The number of thioether (sulfide) groups is 2. The van der Waals surface area contributed by atoms with Gasteiger partial charge < -0.3 is 25.2 Å². The number of nitrogens with one attached hydrogen (secondary N) is 2. The van der Waals surface area contributed by atoms with Crippen molar-refractivity contribution in [2.24, 2.45) is 7.05 Å². The van der Waals surface area contributed by atoms with Gasteiger partial charge in [0.15, 0.2) is 0 Å². The molecule has 3 atom stereocenters. The number of benzene rings is 1. The third-order valence-corrected chi connectivity index (χ3v) is 8.76. The van der Waals surface area contributed by atoms with Crippen molar-refractivity contribution in [1.29, 1.82) is 0 Å². The first-order valence-electron chi connectivity index (χ1n) is 12.3. The van der Waals surface area contributed by atoms with Crippen molar-refractivity contribution in [3.8, 4) is 0 Å². The van der Waals surface area contributed by atoms with Gasteiger partial charge in [-0.2, -0.15) is 0 Å². The number of tetrazole rings is 1. The number of amides is 3. The molecule has 1 fully saturated rings. The van der Waals surface area contributed by atoms with E-state index < -0.39 is 41.0 Å². The van der Waals surface area contributed by atoms with E-state index in [1.165, 1.54) is 35.3 Å². The first-order chi connectivity index (χ1) is 19.2. The lowest BCUT2D eigenvalue weighted by Crippen LogP contribution is -2.81. The Hall–Kier alpha value is -3.63. The molecule has 2 unspecified atom stereocenters. The molecule has 3 N–H and O–H groups in total. The number of unbranched alkanes of at least 4 members (excludes halogenated alkanes) is 1. The summed E-state index contributed by atoms with van der Waals surface area (Å²) in [4.78, 5) is 52.9. The van der Waals surface area contributed by atoms with Crippen molar-refractivity contribution in [2.75, 3.05) is 25.2 Å². The van der Waals surface area contributed by atoms with Crippen LogP contribution in [0.3, 0.4) is 0 Å². The van der Waals surface area contributed by atoms with Gasteiger partial charge in [0.05, 0.1) is 6.61 Å². The highest BCUT2D eigenvalue weighted by Crippen LogP contribution is 2.47. The lowest BCUT2D eigenvalue weighted by atomic mass is 9.97. The monoisotopic (exact) mass is 591 g/mol. The van der Waals surface area contributed by atoms with Crippen LogP contribution in [0.1, 0.15) is 31.4 Å². The molecule has 2 aliphatic heterocycles. The molecule has 1 saturated heterocycles. The molecule has 214 valence electrons. The summed E-state index contributed by atoms with van der Waals surface area (Å²) in [6.07, 6.45) is 0.712.